The van der Waals surface area contributed by atoms with E-state index in [9.17, 15) is 4.79 Å². The van der Waals surface area contributed by atoms with E-state index in [0.717, 1.165) is 31.3 Å². The minimum Gasteiger partial charge on any atom is -0.478 e. The summed E-state index contributed by atoms with van der Waals surface area (Å²) in [6.45, 7) is 7.31. The first-order valence-corrected chi connectivity index (χ1v) is 5.88. The smallest absolute Gasteiger partial charge is 0.328 e. The van der Waals surface area contributed by atoms with Gasteiger partial charge >= 0.3 is 5.97 Å². The molecule has 0 atom stereocenters. The van der Waals surface area contributed by atoms with Crippen LogP contribution in [0.5, 0.6) is 0 Å². The Bertz CT molecular complexity index is 383. The molecule has 0 radical (unpaired) electrons. The molecule has 0 fully saturated rings. The number of benzene rings is 1. The van der Waals surface area contributed by atoms with Gasteiger partial charge in [0.2, 0.25) is 0 Å². The Labute approximate surface area is 115 Å². The van der Waals surface area contributed by atoms with Crippen LogP contribution in [0.1, 0.15) is 25.0 Å². The van der Waals surface area contributed by atoms with Crippen molar-refractivity contribution in [1.82, 2.24) is 4.90 Å². The second-order valence-electron chi connectivity index (χ2n) is 3.87. The minimum absolute atomic E-state index is 0. The Hall–Kier alpha value is -1.32. The van der Waals surface area contributed by atoms with Gasteiger partial charge in [0, 0.05) is 12.6 Å². The topological polar surface area (TPSA) is 40.5 Å². The number of carbonyl (C=O) groups is 1. The first-order chi connectivity index (χ1) is 8.15. The Morgan fingerprint density at radius 1 is 1.22 bits per heavy atom. The average molecular weight is 270 g/mol. The van der Waals surface area contributed by atoms with E-state index in [4.69, 9.17) is 5.11 Å². The second-order valence-corrected chi connectivity index (χ2v) is 3.87. The normalized spacial score (nSPS) is 10.6. The van der Waals surface area contributed by atoms with Crippen molar-refractivity contribution in [3.8, 4) is 0 Å². The van der Waals surface area contributed by atoms with Gasteiger partial charge in [0.1, 0.15) is 0 Å². The molecule has 0 saturated heterocycles. The van der Waals surface area contributed by atoms with E-state index in [2.05, 4.69) is 18.7 Å². The largest absolute Gasteiger partial charge is 0.478 e. The fourth-order valence-corrected chi connectivity index (χ4v) is 1.61. The Morgan fingerprint density at radius 2 is 1.78 bits per heavy atom. The highest BCUT2D eigenvalue weighted by molar-refractivity contribution is 5.85. The second kappa shape index (κ2) is 8.72. The fraction of sp³-hybridized carbons (Fsp3) is 0.357. The highest BCUT2D eigenvalue weighted by Crippen LogP contribution is 2.08. The third-order valence-electron chi connectivity index (χ3n) is 2.70. The number of aliphatic carboxylic acids is 1. The van der Waals surface area contributed by atoms with Crippen LogP contribution in [0.2, 0.25) is 0 Å². The lowest BCUT2D eigenvalue weighted by molar-refractivity contribution is -0.131. The van der Waals surface area contributed by atoms with Crippen molar-refractivity contribution in [3.05, 3.63) is 41.5 Å². The molecule has 1 rings (SSSR count). The molecule has 4 heteroatoms. The summed E-state index contributed by atoms with van der Waals surface area (Å²) in [7, 11) is 0. The maximum absolute atomic E-state index is 10.4. The van der Waals surface area contributed by atoms with E-state index in [-0.39, 0.29) is 12.4 Å². The molecule has 1 N–H and O–H groups in total. The summed E-state index contributed by atoms with van der Waals surface area (Å²) in [5, 5.41) is 8.52. The van der Waals surface area contributed by atoms with Crippen LogP contribution in [0.3, 0.4) is 0 Å². The molecule has 0 bridgehead atoms. The summed E-state index contributed by atoms with van der Waals surface area (Å²) < 4.78 is 0. The van der Waals surface area contributed by atoms with Crippen LogP contribution in [0, 0.1) is 0 Å². The molecule has 3 nitrogen and oxygen atoms in total. The van der Waals surface area contributed by atoms with Crippen molar-refractivity contribution >= 4 is 24.5 Å². The number of hydrogen-bond donors (Lipinski definition) is 1. The van der Waals surface area contributed by atoms with E-state index in [1.807, 2.05) is 24.3 Å². The van der Waals surface area contributed by atoms with Gasteiger partial charge in [-0.1, -0.05) is 38.1 Å². The molecule has 1 aromatic carbocycles. The maximum atomic E-state index is 10.4. The summed E-state index contributed by atoms with van der Waals surface area (Å²) in [6, 6.07) is 7.97. The summed E-state index contributed by atoms with van der Waals surface area (Å²) in [5.41, 5.74) is 2.16. The molecule has 18 heavy (non-hydrogen) atoms. The van der Waals surface area contributed by atoms with E-state index in [1.165, 1.54) is 5.56 Å². The lowest BCUT2D eigenvalue weighted by atomic mass is 10.1. The van der Waals surface area contributed by atoms with Crippen LogP contribution in [0.15, 0.2) is 30.3 Å². The van der Waals surface area contributed by atoms with Crippen LogP contribution in [-0.4, -0.2) is 29.1 Å². The Kier molecular flexibility index (Phi) is 8.08. The van der Waals surface area contributed by atoms with Gasteiger partial charge in [-0.3, -0.25) is 4.90 Å². The summed E-state index contributed by atoms with van der Waals surface area (Å²) in [6.07, 6.45) is 2.75. The van der Waals surface area contributed by atoms with Crippen LogP contribution in [0.25, 0.3) is 6.08 Å². The van der Waals surface area contributed by atoms with Crippen molar-refractivity contribution in [3.63, 3.8) is 0 Å². The van der Waals surface area contributed by atoms with Gasteiger partial charge in [0.15, 0.2) is 0 Å². The molecule has 0 saturated carbocycles. The maximum Gasteiger partial charge on any atom is 0.328 e. The molecule has 0 spiro atoms. The standard InChI is InChI=1S/C14H19NO2.ClH/c1-3-15(4-2)11-13-7-5-12(6-8-13)9-10-14(16)17;/h5-10H,3-4,11H2,1-2H3,(H,16,17);1H. The Balaban J connectivity index is 0.00000289. The van der Waals surface area contributed by atoms with Crippen molar-refractivity contribution < 1.29 is 9.90 Å². The number of carboxylic acid groups (broad SMARTS) is 1. The van der Waals surface area contributed by atoms with Crippen molar-refractivity contribution in [2.45, 2.75) is 20.4 Å². The summed E-state index contributed by atoms with van der Waals surface area (Å²) >= 11 is 0. The van der Waals surface area contributed by atoms with Gasteiger partial charge in [-0.15, -0.1) is 12.4 Å². The molecule has 0 aliphatic heterocycles. The number of nitrogens with zero attached hydrogens (tertiary/aromatic N) is 1. The molecule has 0 heterocycles. The van der Waals surface area contributed by atoms with Crippen LogP contribution < -0.4 is 0 Å². The van der Waals surface area contributed by atoms with Crippen LogP contribution in [0.4, 0.5) is 0 Å². The van der Waals surface area contributed by atoms with Crippen LogP contribution >= 0.6 is 12.4 Å². The molecule has 0 aromatic heterocycles. The molecular formula is C14H20ClNO2. The van der Waals surface area contributed by atoms with Crippen molar-refractivity contribution in [1.29, 1.82) is 0 Å². The molecule has 0 aliphatic rings. The molecule has 100 valence electrons. The van der Waals surface area contributed by atoms with Gasteiger partial charge in [0.25, 0.3) is 0 Å². The predicted molar refractivity (Wildman–Crippen MR) is 77.0 cm³/mol. The van der Waals surface area contributed by atoms with E-state index in [1.54, 1.807) is 6.08 Å². The lowest BCUT2D eigenvalue weighted by Gasteiger charge is -2.17. The quantitative estimate of drug-likeness (QED) is 0.807. The SMILES string of the molecule is CCN(CC)Cc1ccc(C=CC(=O)O)cc1.Cl. The van der Waals surface area contributed by atoms with Gasteiger partial charge in [-0.25, -0.2) is 4.79 Å². The summed E-state index contributed by atoms with van der Waals surface area (Å²) in [4.78, 5) is 12.7. The zero-order valence-corrected chi connectivity index (χ0v) is 11.6. The first-order valence-electron chi connectivity index (χ1n) is 5.88. The van der Waals surface area contributed by atoms with E-state index in [0.29, 0.717) is 0 Å². The number of halogens is 1. The highest BCUT2D eigenvalue weighted by atomic mass is 35.5. The number of hydrogen-bond acceptors (Lipinski definition) is 2. The monoisotopic (exact) mass is 269 g/mol. The zero-order valence-electron chi connectivity index (χ0n) is 10.8. The number of carboxylic acids is 1. The lowest BCUT2D eigenvalue weighted by Crippen LogP contribution is -2.21. The number of rotatable bonds is 6. The predicted octanol–water partition coefficient (Wildman–Crippen LogP) is 3.05. The van der Waals surface area contributed by atoms with Gasteiger partial charge in [0.05, 0.1) is 0 Å². The zero-order chi connectivity index (χ0) is 12.7. The highest BCUT2D eigenvalue weighted by Gasteiger charge is 2.00. The van der Waals surface area contributed by atoms with Crippen LogP contribution in [-0.2, 0) is 11.3 Å². The molecule has 0 unspecified atom stereocenters. The van der Waals surface area contributed by atoms with E-state index < -0.39 is 5.97 Å². The third-order valence-corrected chi connectivity index (χ3v) is 2.70. The molecule has 0 amide bonds. The third kappa shape index (κ3) is 5.84. The molecule has 1 aromatic rings. The van der Waals surface area contributed by atoms with Crippen molar-refractivity contribution in [2.75, 3.05) is 13.1 Å². The average Bonchev–Trinajstić information content (AvgIpc) is 2.34. The molecular weight excluding hydrogens is 250 g/mol. The van der Waals surface area contributed by atoms with Gasteiger partial charge < -0.3 is 5.11 Å². The van der Waals surface area contributed by atoms with Gasteiger partial charge in [-0.05, 0) is 30.3 Å². The van der Waals surface area contributed by atoms with E-state index >= 15 is 0 Å². The molecule has 0 aliphatic carbocycles. The fourth-order valence-electron chi connectivity index (χ4n) is 1.61. The summed E-state index contributed by atoms with van der Waals surface area (Å²) in [5.74, 6) is -0.919. The first kappa shape index (κ1) is 16.7. The minimum atomic E-state index is -0.919. The Morgan fingerprint density at radius 3 is 2.22 bits per heavy atom. The van der Waals surface area contributed by atoms with Gasteiger partial charge in [-0.2, -0.15) is 0 Å². The van der Waals surface area contributed by atoms with Crippen molar-refractivity contribution in [2.24, 2.45) is 0 Å².